The Hall–Kier alpha value is -2.83. The number of ether oxygens (including phenoxy) is 1. The van der Waals surface area contributed by atoms with Crippen LogP contribution in [0.4, 0.5) is 13.2 Å². The number of halogens is 3. The summed E-state index contributed by atoms with van der Waals surface area (Å²) < 4.78 is 42.1. The number of pyridine rings is 1. The topological polar surface area (TPSA) is 39.9 Å². The Bertz CT molecular complexity index is 769. The van der Waals surface area contributed by atoms with Crippen LogP contribution in [0.3, 0.4) is 0 Å². The second-order valence-corrected chi connectivity index (χ2v) is 4.43. The van der Waals surface area contributed by atoms with E-state index in [0.29, 0.717) is 5.69 Å². The molecule has 2 heterocycles. The molecule has 0 unspecified atom stereocenters. The summed E-state index contributed by atoms with van der Waals surface area (Å²) in [6.45, 7) is 0. The fourth-order valence-electron chi connectivity index (χ4n) is 1.95. The van der Waals surface area contributed by atoms with Crippen LogP contribution in [0.5, 0.6) is 5.75 Å². The minimum atomic E-state index is -4.72. The second-order valence-electron chi connectivity index (χ2n) is 4.43. The Balaban J connectivity index is 1.89. The zero-order valence-corrected chi connectivity index (χ0v) is 11.2. The molecule has 0 N–H and O–H groups in total. The number of benzene rings is 1. The second kappa shape index (κ2) is 5.51. The molecule has 0 saturated carbocycles. The van der Waals surface area contributed by atoms with Crippen molar-refractivity contribution in [2.45, 2.75) is 6.36 Å². The van der Waals surface area contributed by atoms with E-state index in [1.807, 2.05) is 12.1 Å². The smallest absolute Gasteiger partial charge is 0.406 e. The first-order valence-corrected chi connectivity index (χ1v) is 6.33. The Kier molecular flexibility index (Phi) is 3.54. The quantitative estimate of drug-likeness (QED) is 0.738. The monoisotopic (exact) mass is 305 g/mol. The SMILES string of the molecule is FC(F)(F)Oc1cccc(-n2cc(-c3ccccn3)cn2)c1. The lowest BCUT2D eigenvalue weighted by atomic mass is 10.2. The van der Waals surface area contributed by atoms with Crippen LogP contribution < -0.4 is 4.74 Å². The maximum Gasteiger partial charge on any atom is 0.573 e. The number of alkyl halides is 3. The fraction of sp³-hybridized carbons (Fsp3) is 0.0667. The summed E-state index contributed by atoms with van der Waals surface area (Å²) in [7, 11) is 0. The molecular weight excluding hydrogens is 295 g/mol. The van der Waals surface area contributed by atoms with Gasteiger partial charge in [0.05, 0.1) is 17.6 Å². The molecular formula is C15H10F3N3O. The third-order valence-corrected chi connectivity index (χ3v) is 2.86. The van der Waals surface area contributed by atoms with Crippen molar-refractivity contribution in [3.05, 3.63) is 61.1 Å². The molecule has 0 radical (unpaired) electrons. The molecule has 0 spiro atoms. The van der Waals surface area contributed by atoms with Gasteiger partial charge >= 0.3 is 6.36 Å². The molecule has 7 heteroatoms. The molecule has 2 aromatic heterocycles. The van der Waals surface area contributed by atoms with Crippen molar-refractivity contribution in [1.29, 1.82) is 0 Å². The lowest BCUT2D eigenvalue weighted by Crippen LogP contribution is -2.17. The van der Waals surface area contributed by atoms with E-state index in [-0.39, 0.29) is 5.75 Å². The van der Waals surface area contributed by atoms with Crippen LogP contribution in [-0.2, 0) is 0 Å². The summed E-state index contributed by atoms with van der Waals surface area (Å²) in [4.78, 5) is 4.20. The molecule has 0 amide bonds. The largest absolute Gasteiger partial charge is 0.573 e. The summed E-state index contributed by atoms with van der Waals surface area (Å²) in [6, 6.07) is 11.1. The van der Waals surface area contributed by atoms with Gasteiger partial charge < -0.3 is 4.74 Å². The molecule has 0 aliphatic heterocycles. The van der Waals surface area contributed by atoms with Crippen LogP contribution in [0.15, 0.2) is 61.1 Å². The highest BCUT2D eigenvalue weighted by molar-refractivity contribution is 5.57. The van der Waals surface area contributed by atoms with Gasteiger partial charge in [0.25, 0.3) is 0 Å². The van der Waals surface area contributed by atoms with Crippen LogP contribution in [0, 0.1) is 0 Å². The van der Waals surface area contributed by atoms with E-state index in [9.17, 15) is 13.2 Å². The highest BCUT2D eigenvalue weighted by Crippen LogP contribution is 2.25. The number of nitrogens with zero attached hydrogens (tertiary/aromatic N) is 3. The first kappa shape index (κ1) is 14.1. The average molecular weight is 305 g/mol. The zero-order valence-electron chi connectivity index (χ0n) is 11.2. The van der Waals surface area contributed by atoms with Crippen LogP contribution in [0.2, 0.25) is 0 Å². The van der Waals surface area contributed by atoms with Crippen LogP contribution >= 0.6 is 0 Å². The van der Waals surface area contributed by atoms with Gasteiger partial charge in [-0.1, -0.05) is 12.1 Å². The van der Waals surface area contributed by atoms with Crippen molar-refractivity contribution in [2.75, 3.05) is 0 Å². The Morgan fingerprint density at radius 3 is 2.64 bits per heavy atom. The predicted octanol–water partition coefficient (Wildman–Crippen LogP) is 3.83. The highest BCUT2D eigenvalue weighted by Gasteiger charge is 2.31. The normalized spacial score (nSPS) is 11.4. The zero-order chi connectivity index (χ0) is 15.6. The van der Waals surface area contributed by atoms with Crippen molar-refractivity contribution >= 4 is 0 Å². The lowest BCUT2D eigenvalue weighted by Gasteiger charge is -2.09. The van der Waals surface area contributed by atoms with E-state index in [4.69, 9.17) is 0 Å². The minimum Gasteiger partial charge on any atom is -0.406 e. The van der Waals surface area contributed by atoms with E-state index < -0.39 is 6.36 Å². The summed E-state index contributed by atoms with van der Waals surface area (Å²) in [5.74, 6) is -0.292. The van der Waals surface area contributed by atoms with Crippen LogP contribution in [0.25, 0.3) is 16.9 Å². The number of hydrogen-bond donors (Lipinski definition) is 0. The molecule has 3 rings (SSSR count). The van der Waals surface area contributed by atoms with Crippen LogP contribution in [-0.4, -0.2) is 21.1 Å². The van der Waals surface area contributed by atoms with E-state index >= 15 is 0 Å². The van der Waals surface area contributed by atoms with Crippen molar-refractivity contribution in [1.82, 2.24) is 14.8 Å². The standard InChI is InChI=1S/C15H10F3N3O/c16-15(17,18)22-13-5-3-4-12(8-13)21-10-11(9-20-21)14-6-1-2-7-19-14/h1-10H. The number of rotatable bonds is 3. The van der Waals surface area contributed by atoms with E-state index in [0.717, 1.165) is 11.3 Å². The highest BCUT2D eigenvalue weighted by atomic mass is 19.4. The first-order chi connectivity index (χ1) is 10.5. The van der Waals surface area contributed by atoms with Gasteiger partial charge in [-0.15, -0.1) is 13.2 Å². The maximum absolute atomic E-state index is 12.2. The Morgan fingerprint density at radius 1 is 1.05 bits per heavy atom. The lowest BCUT2D eigenvalue weighted by molar-refractivity contribution is -0.274. The predicted molar refractivity (Wildman–Crippen MR) is 73.5 cm³/mol. The molecule has 4 nitrogen and oxygen atoms in total. The first-order valence-electron chi connectivity index (χ1n) is 6.33. The molecule has 1 aromatic carbocycles. The van der Waals surface area contributed by atoms with Gasteiger partial charge in [0.1, 0.15) is 5.75 Å². The van der Waals surface area contributed by atoms with Crippen molar-refractivity contribution < 1.29 is 17.9 Å². The van der Waals surface area contributed by atoms with Gasteiger partial charge in [-0.2, -0.15) is 5.10 Å². The molecule has 0 aliphatic rings. The third kappa shape index (κ3) is 3.25. The molecule has 112 valence electrons. The van der Waals surface area contributed by atoms with Gasteiger partial charge in [-0.3, -0.25) is 4.98 Å². The molecule has 22 heavy (non-hydrogen) atoms. The van der Waals surface area contributed by atoms with E-state index in [1.165, 1.54) is 22.9 Å². The maximum atomic E-state index is 12.2. The van der Waals surface area contributed by atoms with Gasteiger partial charge in [0.2, 0.25) is 0 Å². The summed E-state index contributed by atoms with van der Waals surface area (Å²) in [5.41, 5.74) is 1.96. The number of hydrogen-bond acceptors (Lipinski definition) is 3. The van der Waals surface area contributed by atoms with Crippen LogP contribution in [0.1, 0.15) is 0 Å². The molecule has 3 aromatic rings. The van der Waals surface area contributed by atoms with Crippen molar-refractivity contribution in [2.24, 2.45) is 0 Å². The molecule has 0 aliphatic carbocycles. The Morgan fingerprint density at radius 2 is 1.91 bits per heavy atom. The van der Waals surface area contributed by atoms with Gasteiger partial charge in [-0.25, -0.2) is 4.68 Å². The third-order valence-electron chi connectivity index (χ3n) is 2.86. The minimum absolute atomic E-state index is 0.292. The van der Waals surface area contributed by atoms with Gasteiger partial charge in [0.15, 0.2) is 0 Å². The molecule has 0 saturated heterocycles. The van der Waals surface area contributed by atoms with Gasteiger partial charge in [-0.05, 0) is 24.3 Å². The summed E-state index contributed by atoms with van der Waals surface area (Å²) in [5, 5.41) is 4.14. The molecule has 0 fully saturated rings. The van der Waals surface area contributed by atoms with Gasteiger partial charge in [0, 0.05) is 24.0 Å². The average Bonchev–Trinajstić information content (AvgIpc) is 2.96. The van der Waals surface area contributed by atoms with E-state index in [1.54, 1.807) is 30.7 Å². The number of aromatic nitrogens is 3. The molecule has 0 atom stereocenters. The summed E-state index contributed by atoms with van der Waals surface area (Å²) >= 11 is 0. The van der Waals surface area contributed by atoms with E-state index in [2.05, 4.69) is 14.8 Å². The Labute approximate surface area is 123 Å². The van der Waals surface area contributed by atoms with Crippen molar-refractivity contribution in [3.63, 3.8) is 0 Å². The van der Waals surface area contributed by atoms with Crippen molar-refractivity contribution in [3.8, 4) is 22.7 Å². The molecule has 0 bridgehead atoms. The fourth-order valence-corrected chi connectivity index (χ4v) is 1.95. The summed E-state index contributed by atoms with van der Waals surface area (Å²) in [6.07, 6.45) is 0.223.